The highest BCUT2D eigenvalue weighted by Gasteiger charge is 2.31. The van der Waals surface area contributed by atoms with E-state index < -0.39 is 6.36 Å². The fourth-order valence-corrected chi connectivity index (χ4v) is 3.36. The Labute approximate surface area is 172 Å². The summed E-state index contributed by atoms with van der Waals surface area (Å²) in [4.78, 5) is 23.0. The van der Waals surface area contributed by atoms with Gasteiger partial charge in [0.05, 0.1) is 0 Å². The molecule has 1 amide bonds. The number of carbonyl (C=O) groups is 1. The average Bonchev–Trinajstić information content (AvgIpc) is 2.73. The Morgan fingerprint density at radius 3 is 2.53 bits per heavy atom. The molecule has 10 heteroatoms. The summed E-state index contributed by atoms with van der Waals surface area (Å²) in [6, 6.07) is 7.34. The summed E-state index contributed by atoms with van der Waals surface area (Å²) in [5.74, 6) is 1.38. The van der Waals surface area contributed by atoms with Gasteiger partial charge in [0.1, 0.15) is 11.6 Å². The average molecular weight is 423 g/mol. The van der Waals surface area contributed by atoms with Gasteiger partial charge in [0, 0.05) is 39.3 Å². The molecule has 1 aromatic heterocycles. The number of amides is 1. The number of alkyl halides is 3. The Bertz CT molecular complexity index is 837. The molecule has 2 N–H and O–H groups in total. The van der Waals surface area contributed by atoms with Gasteiger partial charge in [-0.2, -0.15) is 4.98 Å². The van der Waals surface area contributed by atoms with E-state index in [1.54, 1.807) is 13.2 Å². The number of aromatic nitrogens is 2. The Hall–Kier alpha value is -3.04. The van der Waals surface area contributed by atoms with E-state index >= 15 is 0 Å². The van der Waals surface area contributed by atoms with Gasteiger partial charge in [0.2, 0.25) is 11.9 Å². The predicted octanol–water partition coefficient (Wildman–Crippen LogP) is 3.34. The second-order valence-electron chi connectivity index (χ2n) is 7.09. The number of hydrogen-bond donors (Lipinski definition) is 2. The number of carbonyl (C=O) groups excluding carboxylic acids is 1. The van der Waals surface area contributed by atoms with E-state index in [4.69, 9.17) is 0 Å². The predicted molar refractivity (Wildman–Crippen MR) is 106 cm³/mol. The van der Waals surface area contributed by atoms with Crippen molar-refractivity contribution < 1.29 is 22.7 Å². The first-order valence-corrected chi connectivity index (χ1v) is 9.69. The van der Waals surface area contributed by atoms with E-state index in [0.29, 0.717) is 17.9 Å². The van der Waals surface area contributed by atoms with Crippen LogP contribution < -0.4 is 20.3 Å². The Morgan fingerprint density at radius 1 is 1.20 bits per heavy atom. The third-order valence-electron chi connectivity index (χ3n) is 4.92. The minimum absolute atomic E-state index is 0.0661. The second kappa shape index (κ2) is 9.64. The highest BCUT2D eigenvalue weighted by Crippen LogP contribution is 2.25. The topological polar surface area (TPSA) is 79.4 Å². The first kappa shape index (κ1) is 21.7. The normalized spacial score (nSPS) is 15.0. The van der Waals surface area contributed by atoms with Gasteiger partial charge in [-0.15, -0.1) is 13.2 Å². The summed E-state index contributed by atoms with van der Waals surface area (Å²) >= 11 is 0. The van der Waals surface area contributed by atoms with Crippen LogP contribution in [0.5, 0.6) is 5.75 Å². The quantitative estimate of drug-likeness (QED) is 0.711. The molecule has 0 atom stereocenters. The fourth-order valence-electron chi connectivity index (χ4n) is 3.36. The molecule has 1 aliphatic rings. The third-order valence-corrected chi connectivity index (χ3v) is 4.92. The van der Waals surface area contributed by atoms with Crippen LogP contribution in [0.3, 0.4) is 0 Å². The molecule has 2 aromatic rings. The lowest BCUT2D eigenvalue weighted by molar-refractivity contribution is -0.274. The molecule has 7 nitrogen and oxygen atoms in total. The van der Waals surface area contributed by atoms with Gasteiger partial charge in [-0.1, -0.05) is 12.1 Å². The largest absolute Gasteiger partial charge is 0.573 e. The molecule has 30 heavy (non-hydrogen) atoms. The van der Waals surface area contributed by atoms with E-state index in [1.165, 1.54) is 24.3 Å². The molecule has 3 rings (SSSR count). The van der Waals surface area contributed by atoms with E-state index in [-0.39, 0.29) is 24.1 Å². The number of anilines is 2. The van der Waals surface area contributed by atoms with E-state index in [0.717, 1.165) is 31.7 Å². The minimum Gasteiger partial charge on any atom is -0.406 e. The standard InChI is InChI=1S/C20H24F3N5O2/c1-24-19-25-9-6-17(27-19)28-10-7-14(8-11-28)12-18(29)26-13-15-2-4-16(5-3-15)30-20(21,22)23/h2-6,9,14H,7-8,10-13H2,1H3,(H,26,29)(H,24,25,27). The molecular formula is C20H24F3N5O2. The van der Waals surface area contributed by atoms with Crippen LogP contribution in [0.1, 0.15) is 24.8 Å². The molecule has 0 saturated carbocycles. The molecule has 162 valence electrons. The van der Waals surface area contributed by atoms with Crippen molar-refractivity contribution in [2.24, 2.45) is 5.92 Å². The monoisotopic (exact) mass is 423 g/mol. The number of ether oxygens (including phenoxy) is 1. The lowest BCUT2D eigenvalue weighted by atomic mass is 9.93. The zero-order valence-corrected chi connectivity index (χ0v) is 16.6. The molecule has 0 aliphatic carbocycles. The van der Waals surface area contributed by atoms with Gasteiger partial charge in [-0.3, -0.25) is 4.79 Å². The highest BCUT2D eigenvalue weighted by atomic mass is 19.4. The maximum absolute atomic E-state index is 12.2. The van der Waals surface area contributed by atoms with E-state index in [2.05, 4.69) is 30.2 Å². The fraction of sp³-hybridized carbons (Fsp3) is 0.450. The van der Waals surface area contributed by atoms with Crippen molar-refractivity contribution >= 4 is 17.7 Å². The number of piperidine rings is 1. The maximum Gasteiger partial charge on any atom is 0.573 e. The van der Waals surface area contributed by atoms with Crippen molar-refractivity contribution in [1.29, 1.82) is 0 Å². The SMILES string of the molecule is CNc1nccc(N2CCC(CC(=O)NCc3ccc(OC(F)(F)F)cc3)CC2)n1. The lowest BCUT2D eigenvalue weighted by Gasteiger charge is -2.32. The molecule has 1 aliphatic heterocycles. The van der Waals surface area contributed by atoms with E-state index in [1.807, 2.05) is 6.07 Å². The molecular weight excluding hydrogens is 399 g/mol. The second-order valence-corrected chi connectivity index (χ2v) is 7.09. The van der Waals surface area contributed by atoms with Gasteiger partial charge >= 0.3 is 6.36 Å². The molecule has 1 fully saturated rings. The van der Waals surface area contributed by atoms with E-state index in [9.17, 15) is 18.0 Å². The van der Waals surface area contributed by atoms with Crippen molar-refractivity contribution in [1.82, 2.24) is 15.3 Å². The van der Waals surface area contributed by atoms with Crippen molar-refractivity contribution in [2.75, 3.05) is 30.4 Å². The number of benzene rings is 1. The highest BCUT2D eigenvalue weighted by molar-refractivity contribution is 5.76. The van der Waals surface area contributed by atoms with Crippen LogP contribution in [0.2, 0.25) is 0 Å². The van der Waals surface area contributed by atoms with Gasteiger partial charge in [-0.25, -0.2) is 4.98 Å². The molecule has 1 saturated heterocycles. The van der Waals surface area contributed by atoms with Gasteiger partial charge < -0.3 is 20.3 Å². The number of hydrogen-bond acceptors (Lipinski definition) is 6. The molecule has 1 aromatic carbocycles. The zero-order valence-electron chi connectivity index (χ0n) is 16.6. The lowest BCUT2D eigenvalue weighted by Crippen LogP contribution is -2.36. The van der Waals surface area contributed by atoms with Crippen molar-refractivity contribution in [3.05, 3.63) is 42.1 Å². The van der Waals surface area contributed by atoms with Crippen LogP contribution in [0.15, 0.2) is 36.5 Å². The summed E-state index contributed by atoms with van der Waals surface area (Å²) in [5, 5.41) is 5.75. The van der Waals surface area contributed by atoms with Crippen LogP contribution in [-0.2, 0) is 11.3 Å². The minimum atomic E-state index is -4.71. The zero-order chi connectivity index (χ0) is 21.6. The van der Waals surface area contributed by atoms with Crippen LogP contribution in [0.25, 0.3) is 0 Å². The van der Waals surface area contributed by atoms with Crippen molar-refractivity contribution in [3.8, 4) is 5.75 Å². The maximum atomic E-state index is 12.2. The van der Waals surface area contributed by atoms with Gasteiger partial charge in [-0.05, 0) is 42.5 Å². The summed E-state index contributed by atoms with van der Waals surface area (Å²) in [6.45, 7) is 1.90. The number of rotatable bonds is 7. The summed E-state index contributed by atoms with van der Waals surface area (Å²) < 4.78 is 40.4. The third kappa shape index (κ3) is 6.50. The smallest absolute Gasteiger partial charge is 0.406 e. The van der Waals surface area contributed by atoms with Crippen LogP contribution >= 0.6 is 0 Å². The van der Waals surface area contributed by atoms with Gasteiger partial charge in [0.15, 0.2) is 0 Å². The number of halogens is 3. The Kier molecular flexibility index (Phi) is 6.96. The first-order valence-electron chi connectivity index (χ1n) is 9.69. The van der Waals surface area contributed by atoms with Crippen LogP contribution in [0, 0.1) is 5.92 Å². The Morgan fingerprint density at radius 2 is 1.90 bits per heavy atom. The summed E-state index contributed by atoms with van der Waals surface area (Å²) in [7, 11) is 1.77. The number of nitrogens with one attached hydrogen (secondary N) is 2. The molecule has 0 spiro atoms. The molecule has 2 heterocycles. The van der Waals surface area contributed by atoms with Crippen molar-refractivity contribution in [2.45, 2.75) is 32.2 Å². The number of nitrogens with zero attached hydrogens (tertiary/aromatic N) is 3. The van der Waals surface area contributed by atoms with Gasteiger partial charge in [0.25, 0.3) is 0 Å². The molecule has 0 radical (unpaired) electrons. The van der Waals surface area contributed by atoms with Crippen molar-refractivity contribution in [3.63, 3.8) is 0 Å². The first-order chi connectivity index (χ1) is 14.3. The molecule has 0 bridgehead atoms. The summed E-state index contributed by atoms with van der Waals surface area (Å²) in [5.41, 5.74) is 0.705. The van der Waals surface area contributed by atoms with Crippen LogP contribution in [-0.4, -0.2) is 42.4 Å². The van der Waals surface area contributed by atoms with Crippen LogP contribution in [0.4, 0.5) is 24.9 Å². The molecule has 0 unspecified atom stereocenters. The Balaban J connectivity index is 1.40. The summed E-state index contributed by atoms with van der Waals surface area (Å²) in [6.07, 6.45) is -0.802.